The fourth-order valence-corrected chi connectivity index (χ4v) is 1.54. The van der Waals surface area contributed by atoms with E-state index in [0.29, 0.717) is 5.75 Å². The minimum absolute atomic E-state index is 0.0508. The summed E-state index contributed by atoms with van der Waals surface area (Å²) in [6, 6.07) is 4.22. The standard InChI is InChI=1S/C11H9N3O5/c1-19-8-2-3-9(10(4-8)14(17)18)13-6-7(5-12-13)11(15)16/h2-6H,1H3,(H,15,16). The van der Waals surface area contributed by atoms with Crippen molar-refractivity contribution in [2.45, 2.75) is 0 Å². The van der Waals surface area contributed by atoms with Gasteiger partial charge in [-0.25, -0.2) is 9.48 Å². The molecule has 8 heteroatoms. The number of hydrogen-bond acceptors (Lipinski definition) is 5. The molecule has 0 saturated heterocycles. The number of carboxylic acids is 1. The first-order valence-electron chi connectivity index (χ1n) is 5.13. The van der Waals surface area contributed by atoms with Crippen molar-refractivity contribution in [3.05, 3.63) is 46.3 Å². The fourth-order valence-electron chi connectivity index (χ4n) is 1.54. The number of nitrogens with zero attached hydrogens (tertiary/aromatic N) is 3. The molecule has 8 nitrogen and oxygen atoms in total. The highest BCUT2D eigenvalue weighted by atomic mass is 16.6. The SMILES string of the molecule is COc1ccc(-n2cc(C(=O)O)cn2)c([N+](=O)[O-])c1. The highest BCUT2D eigenvalue weighted by Gasteiger charge is 2.18. The van der Waals surface area contributed by atoms with Gasteiger partial charge < -0.3 is 9.84 Å². The molecule has 0 aliphatic heterocycles. The molecule has 0 radical (unpaired) electrons. The molecule has 2 rings (SSSR count). The number of aromatic carboxylic acids is 1. The maximum absolute atomic E-state index is 11.0. The maximum atomic E-state index is 11.0. The molecular weight excluding hydrogens is 254 g/mol. The molecular formula is C11H9N3O5. The van der Waals surface area contributed by atoms with Gasteiger partial charge in [0.15, 0.2) is 0 Å². The first-order valence-corrected chi connectivity index (χ1v) is 5.13. The van der Waals surface area contributed by atoms with E-state index in [2.05, 4.69) is 5.10 Å². The van der Waals surface area contributed by atoms with Gasteiger partial charge in [-0.05, 0) is 12.1 Å². The lowest BCUT2D eigenvalue weighted by Gasteiger charge is -2.05. The molecule has 0 spiro atoms. The molecule has 0 bridgehead atoms. The number of hydrogen-bond donors (Lipinski definition) is 1. The minimum atomic E-state index is -1.15. The van der Waals surface area contributed by atoms with Crippen LogP contribution in [0.15, 0.2) is 30.6 Å². The number of carbonyl (C=O) groups is 1. The van der Waals surface area contributed by atoms with Crippen molar-refractivity contribution in [3.63, 3.8) is 0 Å². The van der Waals surface area contributed by atoms with Crippen LogP contribution in [0.5, 0.6) is 5.75 Å². The van der Waals surface area contributed by atoms with Crippen LogP contribution in [0.2, 0.25) is 0 Å². The topological polar surface area (TPSA) is 107 Å². The molecule has 0 amide bonds. The lowest BCUT2D eigenvalue weighted by atomic mass is 10.2. The molecule has 1 N–H and O–H groups in total. The van der Waals surface area contributed by atoms with E-state index in [4.69, 9.17) is 9.84 Å². The first-order chi connectivity index (χ1) is 9.02. The Morgan fingerprint density at radius 1 is 1.53 bits per heavy atom. The summed E-state index contributed by atoms with van der Waals surface area (Å²) in [7, 11) is 1.40. The fraction of sp³-hybridized carbons (Fsp3) is 0.0909. The lowest BCUT2D eigenvalue weighted by Crippen LogP contribution is -2.01. The molecule has 0 fully saturated rings. The van der Waals surface area contributed by atoms with E-state index in [0.717, 1.165) is 10.9 Å². The molecule has 19 heavy (non-hydrogen) atoms. The van der Waals surface area contributed by atoms with Gasteiger partial charge in [-0.3, -0.25) is 10.1 Å². The van der Waals surface area contributed by atoms with Gasteiger partial charge in [0.05, 0.1) is 29.9 Å². The molecule has 98 valence electrons. The van der Waals surface area contributed by atoms with E-state index < -0.39 is 10.9 Å². The monoisotopic (exact) mass is 263 g/mol. The summed E-state index contributed by atoms with van der Waals surface area (Å²) in [6.07, 6.45) is 2.33. The predicted octanol–water partition coefficient (Wildman–Crippen LogP) is 1.49. The van der Waals surface area contributed by atoms with Crippen LogP contribution in [0.4, 0.5) is 5.69 Å². The average molecular weight is 263 g/mol. The van der Waals surface area contributed by atoms with Crippen LogP contribution < -0.4 is 4.74 Å². The Morgan fingerprint density at radius 2 is 2.26 bits per heavy atom. The lowest BCUT2D eigenvalue weighted by molar-refractivity contribution is -0.384. The summed E-state index contributed by atoms with van der Waals surface area (Å²) < 4.78 is 6.05. The third kappa shape index (κ3) is 2.37. The predicted molar refractivity (Wildman–Crippen MR) is 63.7 cm³/mol. The number of nitro groups is 1. The number of ether oxygens (including phenoxy) is 1. The van der Waals surface area contributed by atoms with Crippen molar-refractivity contribution in [3.8, 4) is 11.4 Å². The summed E-state index contributed by atoms with van der Waals surface area (Å²) in [5.74, 6) is -0.816. The normalized spacial score (nSPS) is 10.2. The summed E-state index contributed by atoms with van der Waals surface area (Å²) in [4.78, 5) is 21.2. The van der Waals surface area contributed by atoms with E-state index >= 15 is 0 Å². The zero-order chi connectivity index (χ0) is 14.0. The summed E-state index contributed by atoms with van der Waals surface area (Å²) in [5, 5.41) is 23.6. The molecule has 1 heterocycles. The first kappa shape index (κ1) is 12.6. The van der Waals surface area contributed by atoms with E-state index in [1.54, 1.807) is 0 Å². The Bertz CT molecular complexity index is 650. The Balaban J connectivity index is 2.54. The van der Waals surface area contributed by atoms with Crippen LogP contribution in [-0.2, 0) is 0 Å². The van der Waals surface area contributed by atoms with Crippen LogP contribution in [0.25, 0.3) is 5.69 Å². The number of methoxy groups -OCH3 is 1. The second kappa shape index (κ2) is 4.77. The van der Waals surface area contributed by atoms with E-state index in [1.807, 2.05) is 0 Å². The van der Waals surface area contributed by atoms with Crippen LogP contribution in [0.3, 0.4) is 0 Å². The van der Waals surface area contributed by atoms with Gasteiger partial charge in [-0.1, -0.05) is 0 Å². The quantitative estimate of drug-likeness (QED) is 0.661. The van der Waals surface area contributed by atoms with E-state index in [-0.39, 0.29) is 16.9 Å². The van der Waals surface area contributed by atoms with Crippen LogP contribution in [0.1, 0.15) is 10.4 Å². The largest absolute Gasteiger partial charge is 0.496 e. The van der Waals surface area contributed by atoms with Gasteiger partial charge in [0.25, 0.3) is 5.69 Å². The molecule has 0 unspecified atom stereocenters. The van der Waals surface area contributed by atoms with Crippen molar-refractivity contribution in [1.82, 2.24) is 9.78 Å². The second-order valence-corrected chi connectivity index (χ2v) is 3.59. The number of carboxylic acid groups (broad SMARTS) is 1. The molecule has 0 atom stereocenters. The maximum Gasteiger partial charge on any atom is 0.338 e. The average Bonchev–Trinajstić information content (AvgIpc) is 2.87. The molecule has 2 aromatic rings. The van der Waals surface area contributed by atoms with Crippen molar-refractivity contribution in [2.24, 2.45) is 0 Å². The molecule has 1 aromatic carbocycles. The molecule has 0 aliphatic rings. The van der Waals surface area contributed by atoms with Crippen molar-refractivity contribution in [1.29, 1.82) is 0 Å². The van der Waals surface area contributed by atoms with Crippen LogP contribution >= 0.6 is 0 Å². The van der Waals surface area contributed by atoms with Crippen LogP contribution in [0, 0.1) is 10.1 Å². The van der Waals surface area contributed by atoms with Gasteiger partial charge in [0, 0.05) is 6.20 Å². The third-order valence-corrected chi connectivity index (χ3v) is 2.46. The van der Waals surface area contributed by atoms with Gasteiger partial charge in [-0.2, -0.15) is 5.10 Å². The highest BCUT2D eigenvalue weighted by Crippen LogP contribution is 2.27. The molecule has 0 aliphatic carbocycles. The summed E-state index contributed by atoms with van der Waals surface area (Å²) in [5.41, 5.74) is -0.109. The van der Waals surface area contributed by atoms with Crippen molar-refractivity contribution >= 4 is 11.7 Å². The Labute approximate surface area is 107 Å². The smallest absolute Gasteiger partial charge is 0.338 e. The van der Waals surface area contributed by atoms with Crippen molar-refractivity contribution in [2.75, 3.05) is 7.11 Å². The Morgan fingerprint density at radius 3 is 2.79 bits per heavy atom. The second-order valence-electron chi connectivity index (χ2n) is 3.59. The number of aromatic nitrogens is 2. The summed E-state index contributed by atoms with van der Waals surface area (Å²) in [6.45, 7) is 0. The Hall–Kier alpha value is -2.90. The van der Waals surface area contributed by atoms with Gasteiger partial charge in [0.2, 0.25) is 0 Å². The van der Waals surface area contributed by atoms with Gasteiger partial charge in [-0.15, -0.1) is 0 Å². The van der Waals surface area contributed by atoms with E-state index in [1.165, 1.54) is 31.5 Å². The number of benzene rings is 1. The van der Waals surface area contributed by atoms with Crippen LogP contribution in [-0.4, -0.2) is 32.9 Å². The van der Waals surface area contributed by atoms with Gasteiger partial charge >= 0.3 is 5.97 Å². The zero-order valence-corrected chi connectivity index (χ0v) is 9.81. The number of rotatable bonds is 4. The van der Waals surface area contributed by atoms with E-state index in [9.17, 15) is 14.9 Å². The Kier molecular flexibility index (Phi) is 3.15. The summed E-state index contributed by atoms with van der Waals surface area (Å²) >= 11 is 0. The third-order valence-electron chi connectivity index (χ3n) is 2.46. The highest BCUT2D eigenvalue weighted by molar-refractivity contribution is 5.87. The molecule has 1 aromatic heterocycles. The van der Waals surface area contributed by atoms with Crippen molar-refractivity contribution < 1.29 is 19.6 Å². The zero-order valence-electron chi connectivity index (χ0n) is 9.81. The number of nitro benzene ring substituents is 1. The molecule has 0 saturated carbocycles. The van der Waals surface area contributed by atoms with Gasteiger partial charge in [0.1, 0.15) is 11.4 Å². The minimum Gasteiger partial charge on any atom is -0.496 e.